The first-order chi connectivity index (χ1) is 7.56. The number of hydrogen-bond acceptors (Lipinski definition) is 3. The molecule has 0 radical (unpaired) electrons. The van der Waals surface area contributed by atoms with E-state index in [-0.39, 0.29) is 24.9 Å². The van der Waals surface area contributed by atoms with Gasteiger partial charge in [0.1, 0.15) is 0 Å². The predicted octanol–water partition coefficient (Wildman–Crippen LogP) is 1.67. The fourth-order valence-corrected chi connectivity index (χ4v) is 2.38. The molecular weight excluding hydrogens is 340 g/mol. The maximum Gasteiger partial charge on any atom is 0.246 e. The number of carbonyl (C=O) groups excluding carboxylic acids is 2. The Morgan fingerprint density at radius 1 is 1.12 bits per heavy atom. The number of imide groups is 1. The van der Waals surface area contributed by atoms with Gasteiger partial charge in [-0.3, -0.25) is 14.9 Å². The van der Waals surface area contributed by atoms with Crippen molar-refractivity contribution in [3.63, 3.8) is 0 Å². The van der Waals surface area contributed by atoms with Crippen LogP contribution in [0.4, 0.5) is 5.69 Å². The molecule has 0 atom stereocenters. The van der Waals surface area contributed by atoms with Crippen molar-refractivity contribution in [1.82, 2.24) is 5.32 Å². The van der Waals surface area contributed by atoms with Crippen molar-refractivity contribution in [2.24, 2.45) is 0 Å². The van der Waals surface area contributed by atoms with Crippen LogP contribution in [-0.2, 0) is 9.59 Å². The van der Waals surface area contributed by atoms with E-state index in [2.05, 4.69) is 37.2 Å². The average molecular weight is 348 g/mol. The third kappa shape index (κ3) is 2.44. The number of piperazine rings is 1. The second-order valence-corrected chi connectivity index (χ2v) is 5.19. The Bertz CT molecular complexity index is 446. The van der Waals surface area contributed by atoms with Gasteiger partial charge in [0, 0.05) is 8.95 Å². The molecule has 6 heteroatoms. The minimum absolute atomic E-state index is 0.195. The average Bonchev–Trinajstić information content (AvgIpc) is 2.20. The molecule has 1 aromatic carbocycles. The Balaban J connectivity index is 2.32. The number of amides is 2. The topological polar surface area (TPSA) is 49.4 Å². The molecule has 1 fully saturated rings. The molecule has 0 aromatic heterocycles. The van der Waals surface area contributed by atoms with Gasteiger partial charge in [-0.1, -0.05) is 15.9 Å². The molecule has 1 aliphatic heterocycles. The summed E-state index contributed by atoms with van der Waals surface area (Å²) in [7, 11) is 0. The molecule has 84 valence electrons. The first-order valence-electron chi connectivity index (χ1n) is 4.59. The summed E-state index contributed by atoms with van der Waals surface area (Å²) in [5.41, 5.74) is 0.831. The van der Waals surface area contributed by atoms with Crippen LogP contribution in [0, 0.1) is 0 Å². The fraction of sp³-hybridized carbons (Fsp3) is 0.200. The van der Waals surface area contributed by atoms with Gasteiger partial charge in [0.15, 0.2) is 0 Å². The molecule has 2 amide bonds. The number of carbonyl (C=O) groups is 2. The van der Waals surface area contributed by atoms with Gasteiger partial charge >= 0.3 is 0 Å². The van der Waals surface area contributed by atoms with E-state index >= 15 is 0 Å². The number of halogens is 2. The van der Waals surface area contributed by atoms with Crippen molar-refractivity contribution in [1.29, 1.82) is 0 Å². The number of anilines is 1. The van der Waals surface area contributed by atoms with E-state index in [0.717, 1.165) is 14.6 Å². The van der Waals surface area contributed by atoms with Crippen LogP contribution in [-0.4, -0.2) is 24.9 Å². The molecule has 16 heavy (non-hydrogen) atoms. The minimum atomic E-state index is -0.275. The van der Waals surface area contributed by atoms with E-state index < -0.39 is 0 Å². The van der Waals surface area contributed by atoms with E-state index in [1.807, 2.05) is 18.2 Å². The maximum atomic E-state index is 11.3. The summed E-state index contributed by atoms with van der Waals surface area (Å²) in [6.45, 7) is 0.390. The molecule has 0 spiro atoms. The summed E-state index contributed by atoms with van der Waals surface area (Å²) in [6, 6.07) is 5.63. The molecule has 4 nitrogen and oxygen atoms in total. The molecule has 1 saturated heterocycles. The lowest BCUT2D eigenvalue weighted by Gasteiger charge is -2.28. The molecule has 2 rings (SSSR count). The van der Waals surface area contributed by atoms with Gasteiger partial charge in [0.25, 0.3) is 0 Å². The summed E-state index contributed by atoms with van der Waals surface area (Å²) < 4.78 is 1.77. The third-order valence-corrected chi connectivity index (χ3v) is 3.36. The van der Waals surface area contributed by atoms with Gasteiger partial charge < -0.3 is 4.90 Å². The van der Waals surface area contributed by atoms with E-state index in [4.69, 9.17) is 0 Å². The summed E-state index contributed by atoms with van der Waals surface area (Å²) in [5.74, 6) is -0.550. The molecule has 0 bridgehead atoms. The number of hydrogen-bond donors (Lipinski definition) is 1. The first-order valence-corrected chi connectivity index (χ1v) is 6.17. The number of rotatable bonds is 1. The highest BCUT2D eigenvalue weighted by molar-refractivity contribution is 9.11. The SMILES string of the molecule is O=C1CN(c2cc(Br)ccc2Br)CC(=O)N1. The highest BCUT2D eigenvalue weighted by atomic mass is 79.9. The van der Waals surface area contributed by atoms with E-state index in [1.54, 1.807) is 4.90 Å². The second kappa shape index (κ2) is 4.55. The smallest absolute Gasteiger partial charge is 0.246 e. The zero-order valence-electron chi connectivity index (χ0n) is 8.17. The van der Waals surface area contributed by atoms with Crippen LogP contribution in [0.3, 0.4) is 0 Å². The second-order valence-electron chi connectivity index (χ2n) is 3.42. The van der Waals surface area contributed by atoms with Crippen LogP contribution >= 0.6 is 31.9 Å². The van der Waals surface area contributed by atoms with Crippen molar-refractivity contribution >= 4 is 49.4 Å². The molecule has 1 aliphatic rings. The van der Waals surface area contributed by atoms with Gasteiger partial charge in [0.05, 0.1) is 18.8 Å². The Labute approximate surface area is 109 Å². The van der Waals surface area contributed by atoms with Gasteiger partial charge in [-0.15, -0.1) is 0 Å². The lowest BCUT2D eigenvalue weighted by Crippen LogP contribution is -2.51. The van der Waals surface area contributed by atoms with Crippen LogP contribution in [0.15, 0.2) is 27.1 Å². The first kappa shape index (κ1) is 11.6. The van der Waals surface area contributed by atoms with Gasteiger partial charge in [-0.05, 0) is 34.1 Å². The van der Waals surface area contributed by atoms with Crippen molar-refractivity contribution in [2.75, 3.05) is 18.0 Å². The standard InChI is InChI=1S/C10H8Br2N2O2/c11-6-1-2-7(12)8(3-6)14-4-9(15)13-10(16)5-14/h1-3H,4-5H2,(H,13,15,16). The molecule has 1 heterocycles. The highest BCUT2D eigenvalue weighted by Gasteiger charge is 2.23. The normalized spacial score (nSPS) is 16.2. The Hall–Kier alpha value is -0.880. The third-order valence-electron chi connectivity index (χ3n) is 2.20. The summed E-state index contributed by atoms with van der Waals surface area (Å²) in [4.78, 5) is 24.2. The summed E-state index contributed by atoms with van der Waals surface area (Å²) in [5, 5.41) is 2.27. The molecule has 0 saturated carbocycles. The Kier molecular flexibility index (Phi) is 3.30. The molecule has 0 aliphatic carbocycles. The van der Waals surface area contributed by atoms with E-state index in [1.165, 1.54) is 0 Å². The zero-order chi connectivity index (χ0) is 11.7. The monoisotopic (exact) mass is 346 g/mol. The summed E-state index contributed by atoms with van der Waals surface area (Å²) in [6.07, 6.45) is 0. The van der Waals surface area contributed by atoms with Gasteiger partial charge in [0.2, 0.25) is 11.8 Å². The molecule has 1 aromatic rings. The zero-order valence-corrected chi connectivity index (χ0v) is 11.3. The molecule has 1 N–H and O–H groups in total. The number of benzene rings is 1. The van der Waals surface area contributed by atoms with E-state index in [0.29, 0.717) is 0 Å². The largest absolute Gasteiger partial charge is 0.352 e. The highest BCUT2D eigenvalue weighted by Crippen LogP contribution is 2.29. The van der Waals surface area contributed by atoms with Crippen molar-refractivity contribution in [2.45, 2.75) is 0 Å². The Morgan fingerprint density at radius 3 is 2.38 bits per heavy atom. The Morgan fingerprint density at radius 2 is 1.75 bits per heavy atom. The van der Waals surface area contributed by atoms with Crippen LogP contribution < -0.4 is 10.2 Å². The van der Waals surface area contributed by atoms with Gasteiger partial charge in [-0.25, -0.2) is 0 Å². The van der Waals surface area contributed by atoms with Crippen molar-refractivity contribution < 1.29 is 9.59 Å². The van der Waals surface area contributed by atoms with E-state index in [9.17, 15) is 9.59 Å². The summed E-state index contributed by atoms with van der Waals surface area (Å²) >= 11 is 6.76. The number of nitrogens with one attached hydrogen (secondary N) is 1. The van der Waals surface area contributed by atoms with Crippen molar-refractivity contribution in [3.8, 4) is 0 Å². The lowest BCUT2D eigenvalue weighted by molar-refractivity contribution is -0.130. The minimum Gasteiger partial charge on any atom is -0.352 e. The van der Waals surface area contributed by atoms with Crippen molar-refractivity contribution in [3.05, 3.63) is 27.1 Å². The fourth-order valence-electron chi connectivity index (χ4n) is 1.54. The molecular formula is C10H8Br2N2O2. The van der Waals surface area contributed by atoms with Crippen LogP contribution in [0.2, 0.25) is 0 Å². The molecule has 0 unspecified atom stereocenters. The van der Waals surface area contributed by atoms with Crippen LogP contribution in [0.25, 0.3) is 0 Å². The quantitative estimate of drug-likeness (QED) is 0.786. The van der Waals surface area contributed by atoms with Crippen LogP contribution in [0.1, 0.15) is 0 Å². The lowest BCUT2D eigenvalue weighted by atomic mass is 10.2. The predicted molar refractivity (Wildman–Crippen MR) is 67.2 cm³/mol. The number of nitrogens with zero attached hydrogens (tertiary/aromatic N) is 1. The maximum absolute atomic E-state index is 11.3. The van der Waals surface area contributed by atoms with Gasteiger partial charge in [-0.2, -0.15) is 0 Å². The van der Waals surface area contributed by atoms with Crippen LogP contribution in [0.5, 0.6) is 0 Å².